The molecule has 5 heteroatoms. The molecule has 0 bridgehead atoms. The van der Waals surface area contributed by atoms with Crippen LogP contribution in [-0.2, 0) is 4.79 Å². The number of anilines is 1. The summed E-state index contributed by atoms with van der Waals surface area (Å²) in [7, 11) is 0. The zero-order chi connectivity index (χ0) is 16.7. The second-order valence-corrected chi connectivity index (χ2v) is 5.75. The Balaban J connectivity index is 1.87. The van der Waals surface area contributed by atoms with E-state index < -0.39 is 0 Å². The first-order chi connectivity index (χ1) is 11.1. The predicted octanol–water partition coefficient (Wildman–Crippen LogP) is 4.02. The summed E-state index contributed by atoms with van der Waals surface area (Å²) in [6.07, 6.45) is 2.45. The number of benzene rings is 2. The summed E-state index contributed by atoms with van der Waals surface area (Å²) in [4.78, 5) is 24.5. The zero-order valence-electron chi connectivity index (χ0n) is 13.2. The Morgan fingerprint density at radius 2 is 1.87 bits per heavy atom. The third-order valence-corrected chi connectivity index (χ3v) is 3.95. The van der Waals surface area contributed by atoms with E-state index in [1.54, 1.807) is 36.0 Å². The molecular weight excluding hydrogens is 310 g/mol. The lowest BCUT2D eigenvalue weighted by atomic mass is 10.1. The standard InChI is InChI=1S/C18H19NO3S/c1-3-17(20)13-7-9-15(10-8-13)22-12-18(21)19-14-5-4-6-16(11-14)23-2/h4-11H,3,12H2,1-2H3,(H,19,21). The molecule has 2 aromatic rings. The van der Waals surface area contributed by atoms with Gasteiger partial charge in [0.1, 0.15) is 5.75 Å². The number of ether oxygens (including phenoxy) is 1. The van der Waals surface area contributed by atoms with Crippen molar-refractivity contribution in [1.82, 2.24) is 0 Å². The van der Waals surface area contributed by atoms with E-state index in [1.807, 2.05) is 37.4 Å². The number of rotatable bonds is 7. The Kier molecular flexibility index (Phi) is 6.23. The highest BCUT2D eigenvalue weighted by molar-refractivity contribution is 7.98. The number of carbonyl (C=O) groups excluding carboxylic acids is 2. The molecule has 0 saturated heterocycles. The molecule has 0 aromatic heterocycles. The van der Waals surface area contributed by atoms with Crippen LogP contribution < -0.4 is 10.1 Å². The molecule has 0 saturated carbocycles. The van der Waals surface area contributed by atoms with Crippen LogP contribution in [0.4, 0.5) is 5.69 Å². The Labute approximate surface area is 140 Å². The van der Waals surface area contributed by atoms with Crippen molar-refractivity contribution in [3.8, 4) is 5.75 Å². The summed E-state index contributed by atoms with van der Waals surface area (Å²) in [5.41, 5.74) is 1.40. The Hall–Kier alpha value is -2.27. The van der Waals surface area contributed by atoms with Crippen LogP contribution in [0.25, 0.3) is 0 Å². The Morgan fingerprint density at radius 1 is 1.13 bits per heavy atom. The molecule has 0 fully saturated rings. The van der Waals surface area contributed by atoms with Crippen LogP contribution in [0.1, 0.15) is 23.7 Å². The van der Waals surface area contributed by atoms with Gasteiger partial charge in [-0.2, -0.15) is 0 Å². The highest BCUT2D eigenvalue weighted by Gasteiger charge is 2.06. The van der Waals surface area contributed by atoms with Crippen LogP contribution in [0.2, 0.25) is 0 Å². The molecule has 1 amide bonds. The van der Waals surface area contributed by atoms with E-state index >= 15 is 0 Å². The molecule has 120 valence electrons. The van der Waals surface area contributed by atoms with Crippen LogP contribution in [-0.4, -0.2) is 24.6 Å². The van der Waals surface area contributed by atoms with E-state index in [0.29, 0.717) is 17.7 Å². The van der Waals surface area contributed by atoms with Gasteiger partial charge in [-0.15, -0.1) is 11.8 Å². The summed E-state index contributed by atoms with van der Waals surface area (Å²) in [6.45, 7) is 1.74. The molecule has 0 aliphatic rings. The van der Waals surface area contributed by atoms with Crippen molar-refractivity contribution in [2.24, 2.45) is 0 Å². The minimum absolute atomic E-state index is 0.0788. The first kappa shape index (κ1) is 17.1. The van der Waals surface area contributed by atoms with E-state index in [4.69, 9.17) is 4.74 Å². The van der Waals surface area contributed by atoms with Gasteiger partial charge in [0.05, 0.1) is 0 Å². The Morgan fingerprint density at radius 3 is 2.52 bits per heavy atom. The van der Waals surface area contributed by atoms with Crippen molar-refractivity contribution >= 4 is 29.1 Å². The third kappa shape index (κ3) is 5.14. The van der Waals surface area contributed by atoms with Crippen molar-refractivity contribution in [3.63, 3.8) is 0 Å². The SMILES string of the molecule is CCC(=O)c1ccc(OCC(=O)Nc2cccc(SC)c2)cc1. The quantitative estimate of drug-likeness (QED) is 0.616. The summed E-state index contributed by atoms with van der Waals surface area (Å²) < 4.78 is 5.44. The molecule has 0 aliphatic heterocycles. The van der Waals surface area contributed by atoms with Crippen LogP contribution in [0.5, 0.6) is 5.75 Å². The molecule has 0 aliphatic carbocycles. The number of hydrogen-bond acceptors (Lipinski definition) is 4. The van der Waals surface area contributed by atoms with Gasteiger partial charge >= 0.3 is 0 Å². The maximum absolute atomic E-state index is 11.9. The average molecular weight is 329 g/mol. The van der Waals surface area contributed by atoms with Crippen molar-refractivity contribution < 1.29 is 14.3 Å². The van der Waals surface area contributed by atoms with Crippen molar-refractivity contribution in [1.29, 1.82) is 0 Å². The number of amides is 1. The number of hydrogen-bond donors (Lipinski definition) is 1. The molecule has 23 heavy (non-hydrogen) atoms. The summed E-state index contributed by atoms with van der Waals surface area (Å²) >= 11 is 1.62. The summed E-state index contributed by atoms with van der Waals surface area (Å²) in [5.74, 6) is 0.422. The first-order valence-electron chi connectivity index (χ1n) is 7.32. The van der Waals surface area contributed by atoms with E-state index in [0.717, 1.165) is 10.6 Å². The molecule has 0 atom stereocenters. The van der Waals surface area contributed by atoms with Gasteiger partial charge in [-0.1, -0.05) is 13.0 Å². The van der Waals surface area contributed by atoms with E-state index in [9.17, 15) is 9.59 Å². The van der Waals surface area contributed by atoms with Gasteiger partial charge < -0.3 is 10.1 Å². The zero-order valence-corrected chi connectivity index (χ0v) is 14.0. The van der Waals surface area contributed by atoms with E-state index in [2.05, 4.69) is 5.32 Å². The highest BCUT2D eigenvalue weighted by Crippen LogP contribution is 2.19. The van der Waals surface area contributed by atoms with Crippen molar-refractivity contribution in [2.75, 3.05) is 18.2 Å². The maximum Gasteiger partial charge on any atom is 0.262 e. The molecule has 2 aromatic carbocycles. The van der Waals surface area contributed by atoms with Crippen molar-refractivity contribution in [3.05, 3.63) is 54.1 Å². The molecule has 4 nitrogen and oxygen atoms in total. The van der Waals surface area contributed by atoms with Gasteiger partial charge in [0.25, 0.3) is 5.91 Å². The lowest BCUT2D eigenvalue weighted by molar-refractivity contribution is -0.118. The number of ketones is 1. The highest BCUT2D eigenvalue weighted by atomic mass is 32.2. The molecule has 1 N–H and O–H groups in total. The molecule has 0 heterocycles. The maximum atomic E-state index is 11.9. The van der Waals surface area contributed by atoms with Crippen molar-refractivity contribution in [2.45, 2.75) is 18.2 Å². The van der Waals surface area contributed by atoms with Gasteiger partial charge in [0.2, 0.25) is 0 Å². The van der Waals surface area contributed by atoms with Crippen LogP contribution in [0.15, 0.2) is 53.4 Å². The fourth-order valence-corrected chi connectivity index (χ4v) is 2.45. The van der Waals surface area contributed by atoms with Gasteiger partial charge in [0, 0.05) is 22.6 Å². The lowest BCUT2D eigenvalue weighted by Gasteiger charge is -2.08. The van der Waals surface area contributed by atoms with E-state index in [-0.39, 0.29) is 18.3 Å². The van der Waals surface area contributed by atoms with Gasteiger partial charge in [-0.05, 0) is 48.7 Å². The smallest absolute Gasteiger partial charge is 0.262 e. The number of nitrogens with one attached hydrogen (secondary N) is 1. The first-order valence-corrected chi connectivity index (χ1v) is 8.55. The average Bonchev–Trinajstić information content (AvgIpc) is 2.60. The second kappa shape index (κ2) is 8.39. The van der Waals surface area contributed by atoms with Gasteiger partial charge in [-0.25, -0.2) is 0 Å². The summed E-state index contributed by atoms with van der Waals surface area (Å²) in [5, 5.41) is 2.79. The topological polar surface area (TPSA) is 55.4 Å². The molecule has 0 radical (unpaired) electrons. The minimum atomic E-state index is -0.225. The third-order valence-electron chi connectivity index (χ3n) is 3.22. The largest absolute Gasteiger partial charge is 0.484 e. The Bertz CT molecular complexity index is 683. The van der Waals surface area contributed by atoms with Crippen LogP contribution in [0, 0.1) is 0 Å². The molecule has 2 rings (SSSR count). The second-order valence-electron chi connectivity index (χ2n) is 4.87. The number of Topliss-reactive ketones (excluding diaryl/α,β-unsaturated/α-hetero) is 1. The number of thioether (sulfide) groups is 1. The van der Waals surface area contributed by atoms with E-state index in [1.165, 1.54) is 0 Å². The van der Waals surface area contributed by atoms with Crippen LogP contribution >= 0.6 is 11.8 Å². The fraction of sp³-hybridized carbons (Fsp3) is 0.222. The minimum Gasteiger partial charge on any atom is -0.484 e. The van der Waals surface area contributed by atoms with Gasteiger partial charge in [-0.3, -0.25) is 9.59 Å². The predicted molar refractivity (Wildman–Crippen MR) is 93.4 cm³/mol. The summed E-state index contributed by atoms with van der Waals surface area (Å²) in [6, 6.07) is 14.4. The lowest BCUT2D eigenvalue weighted by Crippen LogP contribution is -2.20. The monoisotopic (exact) mass is 329 g/mol. The molecule has 0 spiro atoms. The normalized spacial score (nSPS) is 10.2. The molecule has 0 unspecified atom stereocenters. The fourth-order valence-electron chi connectivity index (χ4n) is 1.99. The van der Waals surface area contributed by atoms with Gasteiger partial charge in [0.15, 0.2) is 12.4 Å². The number of carbonyl (C=O) groups is 2. The van der Waals surface area contributed by atoms with Crippen LogP contribution in [0.3, 0.4) is 0 Å². The molecular formula is C18H19NO3S.